The summed E-state index contributed by atoms with van der Waals surface area (Å²) in [5, 5.41) is 1.09. The Labute approximate surface area is 110 Å². The van der Waals surface area contributed by atoms with Crippen LogP contribution >= 0.6 is 30.3 Å². The molecule has 0 unspecified atom stereocenters. The highest BCUT2D eigenvalue weighted by molar-refractivity contribution is 14.2. The third-order valence-corrected chi connectivity index (χ3v) is 4.19. The second-order valence-electron chi connectivity index (χ2n) is 3.43. The largest absolute Gasteiger partial charge is 0.465 e. The summed E-state index contributed by atoms with van der Waals surface area (Å²) in [6.07, 6.45) is 2.06. The van der Waals surface area contributed by atoms with Crippen LogP contribution in [0.5, 0.6) is 0 Å². The molecule has 0 bridgehead atoms. The highest BCUT2D eigenvalue weighted by Crippen LogP contribution is 2.28. The van der Waals surface area contributed by atoms with Gasteiger partial charge in [0.1, 0.15) is 0 Å². The van der Waals surface area contributed by atoms with E-state index >= 15 is 0 Å². The summed E-state index contributed by atoms with van der Waals surface area (Å²) in [6.45, 7) is 2.03. The Hall–Kier alpha value is -0.690. The number of carbonyl (C=O) groups is 1. The van der Waals surface area contributed by atoms with Crippen LogP contribution in [0.2, 0.25) is 0 Å². The SMILES string of the molecule is COC(=O)c1ccc2c(c1)c(C)cn2SI. The summed E-state index contributed by atoms with van der Waals surface area (Å²) in [4.78, 5) is 11.4. The summed E-state index contributed by atoms with van der Waals surface area (Å²) in [6, 6.07) is 5.61. The van der Waals surface area contributed by atoms with Crippen LogP contribution in [0.1, 0.15) is 15.9 Å². The standard InChI is InChI=1S/C11H10INO2S/c1-7-6-13(16-12)10-4-3-8(5-9(7)10)11(14)15-2/h3-6H,1-2H3. The minimum atomic E-state index is -0.295. The molecule has 0 spiro atoms. The summed E-state index contributed by atoms with van der Waals surface area (Å²) in [5.41, 5.74) is 2.86. The number of methoxy groups -OCH3 is 1. The van der Waals surface area contributed by atoms with Gasteiger partial charge in [-0.1, -0.05) is 0 Å². The molecule has 16 heavy (non-hydrogen) atoms. The minimum absolute atomic E-state index is 0.295. The molecule has 1 heterocycles. The van der Waals surface area contributed by atoms with Crippen molar-refractivity contribution in [2.24, 2.45) is 0 Å². The van der Waals surface area contributed by atoms with E-state index in [1.54, 1.807) is 15.2 Å². The Morgan fingerprint density at radius 3 is 2.88 bits per heavy atom. The van der Waals surface area contributed by atoms with Crippen molar-refractivity contribution in [3.8, 4) is 0 Å². The Bertz CT molecular complexity index is 550. The van der Waals surface area contributed by atoms with Crippen LogP contribution < -0.4 is 0 Å². The van der Waals surface area contributed by atoms with E-state index in [0.29, 0.717) is 5.56 Å². The molecule has 0 atom stereocenters. The van der Waals surface area contributed by atoms with Crippen molar-refractivity contribution in [1.29, 1.82) is 0 Å². The minimum Gasteiger partial charge on any atom is -0.465 e. The Morgan fingerprint density at radius 2 is 2.25 bits per heavy atom. The molecule has 0 saturated heterocycles. The lowest BCUT2D eigenvalue weighted by atomic mass is 10.1. The van der Waals surface area contributed by atoms with Gasteiger partial charge >= 0.3 is 5.97 Å². The zero-order chi connectivity index (χ0) is 11.7. The van der Waals surface area contributed by atoms with Gasteiger partial charge in [0.25, 0.3) is 0 Å². The van der Waals surface area contributed by atoms with Crippen molar-refractivity contribution < 1.29 is 9.53 Å². The third kappa shape index (κ3) is 1.93. The number of benzene rings is 1. The number of aryl methyl sites for hydroxylation is 1. The van der Waals surface area contributed by atoms with Crippen molar-refractivity contribution in [2.75, 3.05) is 7.11 Å². The first-order chi connectivity index (χ1) is 7.67. The fourth-order valence-corrected chi connectivity index (χ4v) is 3.07. The smallest absolute Gasteiger partial charge is 0.337 e. The van der Waals surface area contributed by atoms with Gasteiger partial charge in [-0.3, -0.25) is 3.97 Å². The first-order valence-corrected chi connectivity index (χ1v) is 7.98. The van der Waals surface area contributed by atoms with Gasteiger partial charge in [0.05, 0.1) is 18.2 Å². The monoisotopic (exact) mass is 347 g/mol. The first kappa shape index (κ1) is 11.8. The second kappa shape index (κ2) is 4.67. The molecule has 2 aromatic rings. The van der Waals surface area contributed by atoms with Crippen LogP contribution in [0.3, 0.4) is 0 Å². The molecule has 0 radical (unpaired) electrons. The van der Waals surface area contributed by atoms with E-state index in [0.717, 1.165) is 16.5 Å². The quantitative estimate of drug-likeness (QED) is 0.615. The van der Waals surface area contributed by atoms with Crippen molar-refractivity contribution in [3.05, 3.63) is 35.5 Å². The lowest BCUT2D eigenvalue weighted by Crippen LogP contribution is -2.00. The van der Waals surface area contributed by atoms with Crippen LogP contribution in [0.4, 0.5) is 0 Å². The highest BCUT2D eigenvalue weighted by atomic mass is 127. The van der Waals surface area contributed by atoms with E-state index in [-0.39, 0.29) is 5.97 Å². The number of rotatable bonds is 2. The molecule has 0 saturated carbocycles. The molecule has 3 nitrogen and oxygen atoms in total. The van der Waals surface area contributed by atoms with E-state index in [1.165, 1.54) is 7.11 Å². The molecule has 0 aliphatic carbocycles. The average Bonchev–Trinajstić information content (AvgIpc) is 2.64. The first-order valence-electron chi connectivity index (χ1n) is 4.66. The van der Waals surface area contributed by atoms with Crippen molar-refractivity contribution >= 4 is 47.2 Å². The predicted octanol–water partition coefficient (Wildman–Crippen LogP) is 3.58. The Balaban J connectivity index is 2.62. The molecule has 0 aliphatic heterocycles. The van der Waals surface area contributed by atoms with E-state index in [1.807, 2.05) is 19.1 Å². The maximum atomic E-state index is 11.4. The molecule has 1 aromatic heterocycles. The number of halogens is 1. The molecule has 0 amide bonds. The van der Waals surface area contributed by atoms with Gasteiger partial charge in [-0.15, -0.1) is 0 Å². The van der Waals surface area contributed by atoms with Crippen molar-refractivity contribution in [2.45, 2.75) is 6.92 Å². The molecule has 0 aliphatic rings. The number of esters is 1. The van der Waals surface area contributed by atoms with E-state index in [2.05, 4.69) is 31.4 Å². The van der Waals surface area contributed by atoms with E-state index < -0.39 is 0 Å². The second-order valence-corrected chi connectivity index (χ2v) is 5.14. The van der Waals surface area contributed by atoms with Gasteiger partial charge in [0.2, 0.25) is 0 Å². The van der Waals surface area contributed by atoms with E-state index in [9.17, 15) is 4.79 Å². The number of ether oxygens (including phenoxy) is 1. The van der Waals surface area contributed by atoms with Gasteiger partial charge in [0.15, 0.2) is 0 Å². The Morgan fingerprint density at radius 1 is 1.50 bits per heavy atom. The number of aromatic nitrogens is 1. The molecule has 5 heteroatoms. The average molecular weight is 347 g/mol. The zero-order valence-electron chi connectivity index (χ0n) is 8.86. The van der Waals surface area contributed by atoms with Crippen molar-refractivity contribution in [3.63, 3.8) is 0 Å². The van der Waals surface area contributed by atoms with Gasteiger partial charge in [0, 0.05) is 41.9 Å². The zero-order valence-corrected chi connectivity index (χ0v) is 11.8. The summed E-state index contributed by atoms with van der Waals surface area (Å²) in [7, 11) is 3.00. The van der Waals surface area contributed by atoms with E-state index in [4.69, 9.17) is 4.74 Å². The molecule has 84 valence electrons. The number of nitrogens with zero attached hydrogens (tertiary/aromatic N) is 1. The molecular weight excluding hydrogens is 337 g/mol. The maximum absolute atomic E-state index is 11.4. The van der Waals surface area contributed by atoms with Crippen LogP contribution in [0.15, 0.2) is 24.4 Å². The number of hydrogen-bond donors (Lipinski definition) is 0. The fraction of sp³-hybridized carbons (Fsp3) is 0.182. The molecule has 0 fully saturated rings. The summed E-state index contributed by atoms with van der Waals surface area (Å²) >= 11 is 2.23. The molecule has 0 N–H and O–H groups in total. The number of carbonyl (C=O) groups excluding carboxylic acids is 1. The van der Waals surface area contributed by atoms with Crippen LogP contribution in [0, 0.1) is 6.92 Å². The lowest BCUT2D eigenvalue weighted by Gasteiger charge is -2.01. The Kier molecular flexibility index (Phi) is 3.44. The third-order valence-electron chi connectivity index (χ3n) is 2.47. The maximum Gasteiger partial charge on any atom is 0.337 e. The highest BCUT2D eigenvalue weighted by Gasteiger charge is 2.10. The molecule has 1 aromatic carbocycles. The van der Waals surface area contributed by atoms with Crippen molar-refractivity contribution in [1.82, 2.24) is 3.97 Å². The number of fused-ring (bicyclic) bond motifs is 1. The van der Waals surface area contributed by atoms with Crippen LogP contribution in [0.25, 0.3) is 10.9 Å². The topological polar surface area (TPSA) is 31.2 Å². The summed E-state index contributed by atoms with van der Waals surface area (Å²) in [5.74, 6) is -0.295. The molecule has 2 rings (SSSR count). The number of hydrogen-bond acceptors (Lipinski definition) is 3. The van der Waals surface area contributed by atoms with Gasteiger partial charge in [-0.05, 0) is 30.7 Å². The fourth-order valence-electron chi connectivity index (χ4n) is 1.66. The van der Waals surface area contributed by atoms with Gasteiger partial charge < -0.3 is 4.74 Å². The van der Waals surface area contributed by atoms with Crippen LogP contribution in [-0.2, 0) is 4.74 Å². The lowest BCUT2D eigenvalue weighted by molar-refractivity contribution is 0.0601. The summed E-state index contributed by atoms with van der Waals surface area (Å²) < 4.78 is 6.78. The normalized spacial score (nSPS) is 10.7. The van der Waals surface area contributed by atoms with Gasteiger partial charge in [-0.25, -0.2) is 4.79 Å². The van der Waals surface area contributed by atoms with Gasteiger partial charge in [-0.2, -0.15) is 0 Å². The predicted molar refractivity (Wildman–Crippen MR) is 75.0 cm³/mol. The molecular formula is C11H10INO2S. The van der Waals surface area contributed by atoms with Crippen LogP contribution in [-0.4, -0.2) is 17.1 Å².